The Morgan fingerprint density at radius 3 is 2.29 bits per heavy atom. The van der Waals surface area contributed by atoms with Crippen molar-refractivity contribution in [3.05, 3.63) is 35.9 Å². The second-order valence-corrected chi connectivity index (χ2v) is 5.14. The van der Waals surface area contributed by atoms with Crippen molar-refractivity contribution in [2.24, 2.45) is 0 Å². The Hall–Kier alpha value is -2.48. The Morgan fingerprint density at radius 2 is 1.71 bits per heavy atom. The van der Waals surface area contributed by atoms with Gasteiger partial charge < -0.3 is 18.9 Å². The van der Waals surface area contributed by atoms with Crippen molar-refractivity contribution in [3.63, 3.8) is 0 Å². The number of halogens is 1. The number of benzene rings is 1. The lowest BCUT2D eigenvalue weighted by molar-refractivity contribution is -0.195. The van der Waals surface area contributed by atoms with Gasteiger partial charge in [0.1, 0.15) is 12.7 Å². The average molecular weight is 340 g/mol. The molecule has 8 heteroatoms. The van der Waals surface area contributed by atoms with E-state index in [1.54, 1.807) is 30.3 Å². The smallest absolute Gasteiger partial charge is 0.338 e. The van der Waals surface area contributed by atoms with Crippen molar-refractivity contribution in [2.75, 3.05) is 6.61 Å². The summed E-state index contributed by atoms with van der Waals surface area (Å²) in [5, 5.41) is 0. The summed E-state index contributed by atoms with van der Waals surface area (Å²) in [5.74, 6) is -2.11. The van der Waals surface area contributed by atoms with Crippen molar-refractivity contribution >= 4 is 17.9 Å². The molecule has 1 fully saturated rings. The highest BCUT2D eigenvalue weighted by Crippen LogP contribution is 2.28. The lowest BCUT2D eigenvalue weighted by Crippen LogP contribution is -2.36. The van der Waals surface area contributed by atoms with E-state index >= 15 is 0 Å². The third kappa shape index (κ3) is 4.51. The molecular weight excluding hydrogens is 323 g/mol. The maximum absolute atomic E-state index is 14.4. The van der Waals surface area contributed by atoms with Gasteiger partial charge in [0, 0.05) is 13.8 Å². The molecule has 0 unspecified atom stereocenters. The van der Waals surface area contributed by atoms with Crippen LogP contribution in [0.2, 0.25) is 0 Å². The Bertz CT molecular complexity index is 604. The molecule has 0 aromatic heterocycles. The highest BCUT2D eigenvalue weighted by atomic mass is 19.1. The molecule has 24 heavy (non-hydrogen) atoms. The van der Waals surface area contributed by atoms with Crippen LogP contribution in [0.25, 0.3) is 0 Å². The molecule has 0 radical (unpaired) electrons. The molecular formula is C16H17FO7. The maximum Gasteiger partial charge on any atom is 0.338 e. The first kappa shape index (κ1) is 17.9. The summed E-state index contributed by atoms with van der Waals surface area (Å²) in [5.41, 5.74) is 0.305. The molecule has 1 aromatic rings. The van der Waals surface area contributed by atoms with E-state index in [9.17, 15) is 18.8 Å². The Morgan fingerprint density at radius 1 is 1.08 bits per heavy atom. The van der Waals surface area contributed by atoms with E-state index < -0.39 is 49.2 Å². The van der Waals surface area contributed by atoms with Gasteiger partial charge in [0.2, 0.25) is 6.29 Å². The molecule has 7 nitrogen and oxygen atoms in total. The second kappa shape index (κ2) is 7.87. The number of rotatable bonds is 5. The van der Waals surface area contributed by atoms with Crippen molar-refractivity contribution in [2.45, 2.75) is 38.5 Å². The fraction of sp³-hybridized carbons (Fsp3) is 0.438. The number of esters is 3. The SMILES string of the molecule is CC(=O)O[C@@H]1O[C@H](COC(=O)c2ccccc2)[C@@H](F)[C@H]1OC(C)=O. The molecule has 1 aliphatic rings. The molecule has 0 bridgehead atoms. The van der Waals surface area contributed by atoms with Gasteiger partial charge in [-0.1, -0.05) is 18.2 Å². The van der Waals surface area contributed by atoms with Gasteiger partial charge in [-0.15, -0.1) is 0 Å². The monoisotopic (exact) mass is 340 g/mol. The minimum atomic E-state index is -1.80. The quantitative estimate of drug-likeness (QED) is 0.591. The third-order valence-corrected chi connectivity index (χ3v) is 3.22. The van der Waals surface area contributed by atoms with Crippen LogP contribution in [-0.4, -0.2) is 49.2 Å². The van der Waals surface area contributed by atoms with Gasteiger partial charge in [0.05, 0.1) is 5.56 Å². The molecule has 130 valence electrons. The fourth-order valence-corrected chi connectivity index (χ4v) is 2.20. The standard InChI is InChI=1S/C16H17FO7/c1-9(18)22-14-13(17)12(24-16(14)23-10(2)19)8-21-15(20)11-6-4-3-5-7-11/h3-7,12-14,16H,8H2,1-2H3/t12-,13-,14-,16-/m1/s1. The Labute approximate surface area is 137 Å². The zero-order valence-corrected chi connectivity index (χ0v) is 13.1. The highest BCUT2D eigenvalue weighted by molar-refractivity contribution is 5.89. The number of carbonyl (C=O) groups excluding carboxylic acids is 3. The number of ether oxygens (including phenoxy) is 4. The second-order valence-electron chi connectivity index (χ2n) is 5.14. The predicted octanol–water partition coefficient (Wildman–Crippen LogP) is 1.40. The van der Waals surface area contributed by atoms with Gasteiger partial charge in [0.15, 0.2) is 12.3 Å². The van der Waals surface area contributed by atoms with E-state index in [1.807, 2.05) is 0 Å². The van der Waals surface area contributed by atoms with E-state index in [0.717, 1.165) is 13.8 Å². The van der Waals surface area contributed by atoms with E-state index in [0.29, 0.717) is 5.56 Å². The van der Waals surface area contributed by atoms with Crippen LogP contribution in [0.15, 0.2) is 30.3 Å². The van der Waals surface area contributed by atoms with E-state index in [-0.39, 0.29) is 0 Å². The number of hydrogen-bond donors (Lipinski definition) is 0. The van der Waals surface area contributed by atoms with Crippen molar-refractivity contribution in [1.82, 2.24) is 0 Å². The van der Waals surface area contributed by atoms with Crippen LogP contribution in [0.3, 0.4) is 0 Å². The van der Waals surface area contributed by atoms with Gasteiger partial charge >= 0.3 is 17.9 Å². The largest absolute Gasteiger partial charge is 0.459 e. The topological polar surface area (TPSA) is 88.1 Å². The van der Waals surface area contributed by atoms with Crippen LogP contribution in [0.1, 0.15) is 24.2 Å². The number of hydrogen-bond acceptors (Lipinski definition) is 7. The predicted molar refractivity (Wildman–Crippen MR) is 77.6 cm³/mol. The van der Waals surface area contributed by atoms with Crippen LogP contribution in [0, 0.1) is 0 Å². The average Bonchev–Trinajstić information content (AvgIpc) is 2.81. The number of alkyl halides is 1. The lowest BCUT2D eigenvalue weighted by atomic mass is 10.1. The minimum absolute atomic E-state index is 0.305. The normalized spacial score (nSPS) is 25.8. The molecule has 4 atom stereocenters. The molecule has 0 amide bonds. The fourth-order valence-electron chi connectivity index (χ4n) is 2.20. The van der Waals surface area contributed by atoms with E-state index in [4.69, 9.17) is 18.9 Å². The molecule has 1 aliphatic heterocycles. The Balaban J connectivity index is 1.98. The Kier molecular flexibility index (Phi) is 5.86. The zero-order chi connectivity index (χ0) is 17.7. The van der Waals surface area contributed by atoms with E-state index in [1.165, 1.54) is 0 Å². The molecule has 1 aromatic carbocycles. The molecule has 0 spiro atoms. The third-order valence-electron chi connectivity index (χ3n) is 3.22. The van der Waals surface area contributed by atoms with Gasteiger partial charge in [0.25, 0.3) is 0 Å². The summed E-state index contributed by atoms with van der Waals surface area (Å²) in [4.78, 5) is 34.0. The molecule has 1 heterocycles. The maximum atomic E-state index is 14.4. The summed E-state index contributed by atoms with van der Waals surface area (Å²) in [6, 6.07) is 8.16. The summed E-state index contributed by atoms with van der Waals surface area (Å²) in [6.45, 7) is 1.80. The van der Waals surface area contributed by atoms with Crippen molar-refractivity contribution < 1.29 is 37.7 Å². The van der Waals surface area contributed by atoms with Crippen molar-refractivity contribution in [3.8, 4) is 0 Å². The summed E-state index contributed by atoms with van der Waals surface area (Å²) >= 11 is 0. The molecule has 0 saturated carbocycles. The first-order valence-corrected chi connectivity index (χ1v) is 7.24. The minimum Gasteiger partial charge on any atom is -0.459 e. The van der Waals surface area contributed by atoms with Gasteiger partial charge in [-0.05, 0) is 12.1 Å². The lowest BCUT2D eigenvalue weighted by Gasteiger charge is -2.18. The molecule has 0 aliphatic carbocycles. The van der Waals surface area contributed by atoms with Crippen LogP contribution in [-0.2, 0) is 28.5 Å². The zero-order valence-electron chi connectivity index (χ0n) is 13.1. The van der Waals surface area contributed by atoms with Crippen LogP contribution in [0.4, 0.5) is 4.39 Å². The first-order valence-electron chi connectivity index (χ1n) is 7.24. The van der Waals surface area contributed by atoms with Crippen LogP contribution < -0.4 is 0 Å². The number of carbonyl (C=O) groups is 3. The van der Waals surface area contributed by atoms with Crippen LogP contribution >= 0.6 is 0 Å². The summed E-state index contributed by atoms with van der Waals surface area (Å²) in [6.07, 6.45) is -5.82. The highest BCUT2D eigenvalue weighted by Gasteiger charge is 2.49. The van der Waals surface area contributed by atoms with E-state index in [2.05, 4.69) is 0 Å². The van der Waals surface area contributed by atoms with Gasteiger partial charge in [-0.25, -0.2) is 9.18 Å². The summed E-state index contributed by atoms with van der Waals surface area (Å²) < 4.78 is 34.2. The van der Waals surface area contributed by atoms with Crippen molar-refractivity contribution in [1.29, 1.82) is 0 Å². The summed E-state index contributed by atoms with van der Waals surface area (Å²) in [7, 11) is 0. The molecule has 1 saturated heterocycles. The first-order chi connectivity index (χ1) is 11.4. The van der Waals surface area contributed by atoms with Crippen LogP contribution in [0.5, 0.6) is 0 Å². The van der Waals surface area contributed by atoms with Gasteiger partial charge in [-0.2, -0.15) is 0 Å². The molecule has 0 N–H and O–H groups in total. The molecule has 2 rings (SSSR count). The van der Waals surface area contributed by atoms with Gasteiger partial charge in [-0.3, -0.25) is 9.59 Å².